The molecule has 6 heteroatoms. The van der Waals surface area contributed by atoms with E-state index in [1.165, 1.54) is 0 Å². The smallest absolute Gasteiger partial charge is 0.127 e. The number of nitrogens with two attached hydrogens (primary N) is 2. The van der Waals surface area contributed by atoms with Crippen LogP contribution >= 0.6 is 0 Å². The summed E-state index contributed by atoms with van der Waals surface area (Å²) in [5.74, 6) is 8.02. The van der Waals surface area contributed by atoms with Crippen molar-refractivity contribution in [3.63, 3.8) is 0 Å². The highest BCUT2D eigenvalue weighted by atomic mass is 16.5. The number of nitrogen functional groups attached to an aromatic ring is 1. The summed E-state index contributed by atoms with van der Waals surface area (Å²) in [6.45, 7) is 0. The maximum absolute atomic E-state index is 5.86. The van der Waals surface area contributed by atoms with Gasteiger partial charge in [0, 0.05) is 5.69 Å². The van der Waals surface area contributed by atoms with Crippen LogP contribution in [0.3, 0.4) is 0 Å². The molecule has 0 aliphatic heterocycles. The molecule has 30 heavy (non-hydrogen) atoms. The van der Waals surface area contributed by atoms with E-state index in [2.05, 4.69) is 10.3 Å². The maximum atomic E-state index is 5.86. The van der Waals surface area contributed by atoms with Crippen molar-refractivity contribution in [2.75, 3.05) is 5.73 Å². The molecule has 0 atom stereocenters. The van der Waals surface area contributed by atoms with Gasteiger partial charge in [-0.3, -0.25) is 0 Å². The van der Waals surface area contributed by atoms with E-state index in [0.29, 0.717) is 17.1 Å². The first kappa shape index (κ1) is 19.0. The quantitative estimate of drug-likeness (QED) is 0.169. The Hall–Kier alpha value is -4.32. The highest BCUT2D eigenvalue weighted by Crippen LogP contribution is 2.29. The largest absolute Gasteiger partial charge is 0.457 e. The van der Waals surface area contributed by atoms with E-state index < -0.39 is 0 Å². The SMILES string of the molecule is NN=Nc1ccc(Oc2ccc(-c3ccc(Oc4ccc(N)cc4)cc3)cc2)cc1. The number of ether oxygens (including phenoxy) is 2. The fraction of sp³-hybridized carbons (Fsp3) is 0. The van der Waals surface area contributed by atoms with Crippen molar-refractivity contribution in [3.05, 3.63) is 97.1 Å². The van der Waals surface area contributed by atoms with Crippen LogP contribution in [0.5, 0.6) is 23.0 Å². The Balaban J connectivity index is 1.41. The van der Waals surface area contributed by atoms with Crippen LogP contribution < -0.4 is 21.1 Å². The minimum absolute atomic E-state index is 0.670. The summed E-state index contributed by atoms with van der Waals surface area (Å²) in [5.41, 5.74) is 9.25. The molecule has 0 fully saturated rings. The monoisotopic (exact) mass is 396 g/mol. The van der Waals surface area contributed by atoms with Crippen molar-refractivity contribution in [1.29, 1.82) is 0 Å². The molecule has 0 bridgehead atoms. The zero-order chi connectivity index (χ0) is 20.8. The zero-order valence-corrected chi connectivity index (χ0v) is 16.1. The average molecular weight is 396 g/mol. The molecule has 0 saturated carbocycles. The van der Waals surface area contributed by atoms with Gasteiger partial charge >= 0.3 is 0 Å². The first-order chi connectivity index (χ1) is 14.7. The Bertz CT molecular complexity index is 1120. The van der Waals surface area contributed by atoms with Gasteiger partial charge in [0.15, 0.2) is 0 Å². The third-order valence-electron chi connectivity index (χ3n) is 4.40. The van der Waals surface area contributed by atoms with Gasteiger partial charge < -0.3 is 21.1 Å². The molecular weight excluding hydrogens is 376 g/mol. The number of rotatable bonds is 6. The predicted molar refractivity (Wildman–Crippen MR) is 118 cm³/mol. The summed E-state index contributed by atoms with van der Waals surface area (Å²) in [6.07, 6.45) is 0. The Morgan fingerprint density at radius 1 is 0.500 bits per heavy atom. The van der Waals surface area contributed by atoms with Crippen molar-refractivity contribution in [3.8, 4) is 34.1 Å². The number of anilines is 1. The lowest BCUT2D eigenvalue weighted by Crippen LogP contribution is -1.87. The van der Waals surface area contributed by atoms with E-state index in [4.69, 9.17) is 21.1 Å². The van der Waals surface area contributed by atoms with Gasteiger partial charge in [0.05, 0.1) is 5.69 Å². The van der Waals surface area contributed by atoms with E-state index in [9.17, 15) is 0 Å². The molecule has 0 saturated heterocycles. The fourth-order valence-electron chi connectivity index (χ4n) is 2.89. The summed E-state index contributed by atoms with van der Waals surface area (Å²) in [7, 11) is 0. The molecular formula is C24H20N4O2. The van der Waals surface area contributed by atoms with E-state index in [-0.39, 0.29) is 0 Å². The van der Waals surface area contributed by atoms with Gasteiger partial charge in [-0.15, -0.1) is 5.11 Å². The second-order valence-corrected chi connectivity index (χ2v) is 6.53. The molecule has 0 aliphatic carbocycles. The minimum atomic E-state index is 0.670. The van der Waals surface area contributed by atoms with Crippen LogP contribution in [0.15, 0.2) is 107 Å². The summed E-state index contributed by atoms with van der Waals surface area (Å²) < 4.78 is 11.7. The second kappa shape index (κ2) is 8.79. The van der Waals surface area contributed by atoms with E-state index in [0.717, 1.165) is 28.4 Å². The fourth-order valence-corrected chi connectivity index (χ4v) is 2.89. The summed E-state index contributed by atoms with van der Waals surface area (Å²) >= 11 is 0. The molecule has 0 amide bonds. The van der Waals surface area contributed by atoms with E-state index in [1.54, 1.807) is 12.1 Å². The summed E-state index contributed by atoms with van der Waals surface area (Å²) in [6, 6.07) is 30.3. The van der Waals surface area contributed by atoms with Crippen molar-refractivity contribution in [2.24, 2.45) is 16.2 Å². The molecule has 0 aromatic heterocycles. The highest BCUT2D eigenvalue weighted by molar-refractivity contribution is 5.65. The Kier molecular flexibility index (Phi) is 5.57. The van der Waals surface area contributed by atoms with Crippen LogP contribution in [-0.4, -0.2) is 0 Å². The van der Waals surface area contributed by atoms with Gasteiger partial charge in [0.2, 0.25) is 0 Å². The van der Waals surface area contributed by atoms with Crippen LogP contribution in [-0.2, 0) is 0 Å². The average Bonchev–Trinajstić information content (AvgIpc) is 2.78. The summed E-state index contributed by atoms with van der Waals surface area (Å²) in [5, 5.41) is 7.03. The summed E-state index contributed by atoms with van der Waals surface area (Å²) in [4.78, 5) is 0. The van der Waals surface area contributed by atoms with Gasteiger partial charge in [0.1, 0.15) is 23.0 Å². The van der Waals surface area contributed by atoms with Gasteiger partial charge in [-0.05, 0) is 83.9 Å². The molecule has 0 spiro atoms. The zero-order valence-electron chi connectivity index (χ0n) is 16.1. The number of hydrogen-bond acceptors (Lipinski definition) is 5. The van der Waals surface area contributed by atoms with Crippen molar-refractivity contribution in [2.45, 2.75) is 0 Å². The van der Waals surface area contributed by atoms with Crippen LogP contribution in [0.2, 0.25) is 0 Å². The minimum Gasteiger partial charge on any atom is -0.457 e. The normalized spacial score (nSPS) is 10.8. The molecule has 0 unspecified atom stereocenters. The molecule has 4 rings (SSSR count). The number of benzene rings is 4. The van der Waals surface area contributed by atoms with Crippen molar-refractivity contribution in [1.82, 2.24) is 0 Å². The molecule has 6 nitrogen and oxygen atoms in total. The molecule has 0 aliphatic rings. The lowest BCUT2D eigenvalue weighted by Gasteiger charge is -2.09. The van der Waals surface area contributed by atoms with Gasteiger partial charge in [-0.1, -0.05) is 29.5 Å². The number of nitrogens with zero attached hydrogens (tertiary/aromatic N) is 2. The highest BCUT2D eigenvalue weighted by Gasteiger charge is 2.03. The van der Waals surface area contributed by atoms with Gasteiger partial charge in [-0.25, -0.2) is 0 Å². The topological polar surface area (TPSA) is 95.2 Å². The second-order valence-electron chi connectivity index (χ2n) is 6.53. The van der Waals surface area contributed by atoms with Crippen LogP contribution in [0.25, 0.3) is 11.1 Å². The van der Waals surface area contributed by atoms with Crippen LogP contribution in [0.4, 0.5) is 11.4 Å². The first-order valence-electron chi connectivity index (χ1n) is 9.32. The molecule has 4 N–H and O–H groups in total. The Morgan fingerprint density at radius 2 is 0.867 bits per heavy atom. The van der Waals surface area contributed by atoms with Crippen LogP contribution in [0.1, 0.15) is 0 Å². The molecule has 4 aromatic carbocycles. The molecule has 0 heterocycles. The Labute approximate surface area is 174 Å². The maximum Gasteiger partial charge on any atom is 0.127 e. The van der Waals surface area contributed by atoms with Crippen molar-refractivity contribution >= 4 is 11.4 Å². The molecule has 4 aromatic rings. The van der Waals surface area contributed by atoms with E-state index >= 15 is 0 Å². The first-order valence-corrected chi connectivity index (χ1v) is 9.32. The van der Waals surface area contributed by atoms with Gasteiger partial charge in [0.25, 0.3) is 0 Å². The molecule has 0 radical (unpaired) electrons. The third kappa shape index (κ3) is 4.74. The van der Waals surface area contributed by atoms with Crippen LogP contribution in [0, 0.1) is 0 Å². The third-order valence-corrected chi connectivity index (χ3v) is 4.40. The lowest BCUT2D eigenvalue weighted by atomic mass is 10.1. The molecule has 148 valence electrons. The standard InChI is InChI=1S/C24H20N4O2/c25-19-5-13-23(14-6-19)29-21-9-1-17(2-10-21)18-3-11-22(12-4-18)30-24-15-7-20(8-16-24)27-28-26/h1-16H,25H2,(H2,26,27). The van der Waals surface area contributed by atoms with Gasteiger partial charge in [-0.2, -0.15) is 0 Å². The van der Waals surface area contributed by atoms with Crippen molar-refractivity contribution < 1.29 is 9.47 Å². The Morgan fingerprint density at radius 3 is 1.27 bits per heavy atom. The lowest BCUT2D eigenvalue weighted by molar-refractivity contribution is 0.482. The van der Waals surface area contributed by atoms with E-state index in [1.807, 2.05) is 84.9 Å². The predicted octanol–water partition coefficient (Wildman–Crippen LogP) is 6.48. The number of hydrogen-bond donors (Lipinski definition) is 2.